The summed E-state index contributed by atoms with van der Waals surface area (Å²) < 4.78 is 3.34. The number of benzene rings is 4. The van der Waals surface area contributed by atoms with Crippen LogP contribution in [0.2, 0.25) is 20.1 Å². The molecule has 50 heavy (non-hydrogen) atoms. The molecule has 0 bridgehead atoms. The first-order chi connectivity index (χ1) is 22.4. The minimum absolute atomic E-state index is 0. The van der Waals surface area contributed by atoms with E-state index in [4.69, 9.17) is 46.4 Å². The second-order valence-electron chi connectivity index (χ2n) is 13.8. The molecule has 270 valence electrons. The van der Waals surface area contributed by atoms with E-state index in [0.717, 1.165) is 24.0 Å². The van der Waals surface area contributed by atoms with Gasteiger partial charge in [0.25, 0.3) is 0 Å². The molecule has 2 aliphatic carbocycles. The summed E-state index contributed by atoms with van der Waals surface area (Å²) in [4.78, 5) is 0. The van der Waals surface area contributed by atoms with Gasteiger partial charge in [0, 0.05) is 0 Å². The van der Waals surface area contributed by atoms with Crippen molar-refractivity contribution in [3.63, 3.8) is 0 Å². The standard InChI is InChI=1S/C23H29.2C7H5Cl2.C5H5.CH2.2ClH.Zr/c1-14-9-16-11-17-10-15(2)21(23(6,7)8)13-19(17)18(16)12-20(14)22(3,4)5;2*1-5-2-3-6(8)4-7(5)9;1-2-4-5-3-1;;;;/h9,12-13H,11H2,1-8H3;2*3-4H,1H3;1-3H,4H2;1H2;2*1H;/q4*-1;;;;. The summed E-state index contributed by atoms with van der Waals surface area (Å²) in [5, 5.41) is 2.60. The van der Waals surface area contributed by atoms with E-state index in [9.17, 15) is 0 Å². The van der Waals surface area contributed by atoms with Crippen molar-refractivity contribution in [3.8, 4) is 11.1 Å². The van der Waals surface area contributed by atoms with Gasteiger partial charge < -0.3 is 0 Å². The summed E-state index contributed by atoms with van der Waals surface area (Å²) in [6.07, 6.45) is 11.0. The fourth-order valence-electron chi connectivity index (χ4n) is 5.40. The van der Waals surface area contributed by atoms with E-state index in [-0.39, 0.29) is 35.6 Å². The average Bonchev–Trinajstić information content (AvgIpc) is 3.69. The number of hydrogen-bond acceptors (Lipinski definition) is 0. The van der Waals surface area contributed by atoms with Crippen LogP contribution in [0.15, 0.2) is 60.7 Å². The number of allylic oxidation sites excluding steroid dienone is 4. The third kappa shape index (κ3) is 14.7. The summed E-state index contributed by atoms with van der Waals surface area (Å²) in [5.41, 5.74) is 13.5. The van der Waals surface area contributed by atoms with Gasteiger partial charge in [0.2, 0.25) is 0 Å². The Morgan fingerprint density at radius 2 is 1.14 bits per heavy atom. The van der Waals surface area contributed by atoms with Gasteiger partial charge in [-0.15, -0.1) is 71.2 Å². The topological polar surface area (TPSA) is 0 Å². The van der Waals surface area contributed by atoms with Gasteiger partial charge in [-0.25, -0.2) is 12.2 Å². The van der Waals surface area contributed by atoms with Crippen molar-refractivity contribution < 1.29 is 24.2 Å². The minimum atomic E-state index is 0. The van der Waals surface area contributed by atoms with Crippen molar-refractivity contribution in [1.82, 2.24) is 0 Å². The average molecular weight is 869 g/mol. The van der Waals surface area contributed by atoms with Gasteiger partial charge in [0.1, 0.15) is 0 Å². The molecule has 0 atom stereocenters. The molecule has 0 fully saturated rings. The van der Waals surface area contributed by atoms with Crippen LogP contribution in [-0.4, -0.2) is 4.21 Å². The monoisotopic (exact) mass is 864 g/mol. The Balaban J connectivity index is 0.000000733. The van der Waals surface area contributed by atoms with E-state index in [1.807, 2.05) is 26.0 Å². The fraction of sp³-hybridized carbons (Fsp3) is 0.326. The van der Waals surface area contributed by atoms with Crippen LogP contribution in [0.4, 0.5) is 0 Å². The van der Waals surface area contributed by atoms with Crippen LogP contribution in [0.1, 0.15) is 92.5 Å². The first-order valence-corrected chi connectivity index (χ1v) is 19.1. The van der Waals surface area contributed by atoms with Gasteiger partial charge >= 0.3 is 28.4 Å². The molecular formula is C43H48Cl6Zr-4. The molecule has 2 aliphatic rings. The van der Waals surface area contributed by atoms with Crippen LogP contribution in [0.3, 0.4) is 0 Å². The Morgan fingerprint density at radius 1 is 0.660 bits per heavy atom. The molecular weight excluding hydrogens is 820 g/mol. The normalized spacial score (nSPS) is 11.7. The second kappa shape index (κ2) is 22.2. The van der Waals surface area contributed by atoms with Gasteiger partial charge in [-0.05, 0) is 35.4 Å². The van der Waals surface area contributed by atoms with Gasteiger partial charge in [-0.1, -0.05) is 106 Å². The number of rotatable bonds is 0. The predicted octanol–water partition coefficient (Wildman–Crippen LogP) is 14.6. The maximum atomic E-state index is 5.70. The van der Waals surface area contributed by atoms with Crippen molar-refractivity contribution in [3.05, 3.63) is 150 Å². The Kier molecular flexibility index (Phi) is 21.7. The molecule has 0 heterocycles. The molecule has 0 unspecified atom stereocenters. The Morgan fingerprint density at radius 3 is 1.50 bits per heavy atom. The summed E-state index contributed by atoms with van der Waals surface area (Å²) in [6.45, 7) is 22.0. The quantitative estimate of drug-likeness (QED) is 0.136. The van der Waals surface area contributed by atoms with Gasteiger partial charge in [-0.3, -0.25) is 6.08 Å². The molecule has 0 saturated carbocycles. The number of halogens is 6. The zero-order valence-corrected chi connectivity index (χ0v) is 37.8. The Hall–Kier alpha value is -1.15. The van der Waals surface area contributed by atoms with Crippen LogP contribution in [0, 0.1) is 52.0 Å². The number of hydrogen-bond donors (Lipinski definition) is 0. The first kappa shape index (κ1) is 48.9. The SMILES string of the molecule is Cc1[c-]c2c(cc1C(C)(C)C)-c1cc(C(C)(C)C)c(C)cc1C2.Cc1[c-]cc(Cl)cc1Cl.Cc1[c-]cc(Cl)cc1Cl.Cl.Cl.[C-]1=CC=CC1.[CH2]=[Zr]. The summed E-state index contributed by atoms with van der Waals surface area (Å²) in [7, 11) is 0. The van der Waals surface area contributed by atoms with Crippen molar-refractivity contribution in [2.24, 2.45) is 0 Å². The van der Waals surface area contributed by atoms with Crippen LogP contribution >= 0.6 is 71.2 Å². The third-order valence-corrected chi connectivity index (χ3v) is 8.99. The molecule has 0 nitrogen and oxygen atoms in total. The summed E-state index contributed by atoms with van der Waals surface area (Å²) >= 11 is 23.9. The van der Waals surface area contributed by atoms with Crippen LogP contribution in [-0.2, 0) is 41.5 Å². The number of aryl methyl sites for hydroxylation is 4. The van der Waals surface area contributed by atoms with E-state index in [2.05, 4.69) is 108 Å². The van der Waals surface area contributed by atoms with Crippen molar-refractivity contribution >= 4 is 75.4 Å². The summed E-state index contributed by atoms with van der Waals surface area (Å²) in [5.74, 6) is 0. The molecule has 0 N–H and O–H groups in total. The van der Waals surface area contributed by atoms with Crippen molar-refractivity contribution in [1.29, 1.82) is 0 Å². The fourth-order valence-corrected chi connectivity index (χ4v) is 6.18. The Bertz CT molecular complexity index is 1630. The van der Waals surface area contributed by atoms with Crippen molar-refractivity contribution in [2.75, 3.05) is 0 Å². The van der Waals surface area contributed by atoms with Gasteiger partial charge in [0.15, 0.2) is 0 Å². The van der Waals surface area contributed by atoms with Gasteiger partial charge in [0.05, 0.1) is 0 Å². The van der Waals surface area contributed by atoms with Gasteiger partial charge in [-0.2, -0.15) is 94.4 Å². The predicted molar refractivity (Wildman–Crippen MR) is 224 cm³/mol. The van der Waals surface area contributed by atoms with Crippen LogP contribution in [0.25, 0.3) is 11.1 Å². The van der Waals surface area contributed by atoms with E-state index in [1.165, 1.54) is 68.7 Å². The van der Waals surface area contributed by atoms with E-state index < -0.39 is 0 Å². The molecule has 0 amide bonds. The van der Waals surface area contributed by atoms with Crippen LogP contribution < -0.4 is 0 Å². The summed E-state index contributed by atoms with van der Waals surface area (Å²) in [6, 6.07) is 23.6. The first-order valence-electron chi connectivity index (χ1n) is 15.8. The zero-order valence-electron chi connectivity index (χ0n) is 30.7. The molecule has 6 rings (SSSR count). The molecule has 0 spiro atoms. The molecule has 4 aromatic rings. The molecule has 0 saturated heterocycles. The third-order valence-electron chi connectivity index (χ3n) is 7.76. The zero-order chi connectivity index (χ0) is 36.4. The van der Waals surface area contributed by atoms with E-state index >= 15 is 0 Å². The Labute approximate surface area is 350 Å². The molecule has 7 heteroatoms. The number of fused-ring (bicyclic) bond motifs is 3. The van der Waals surface area contributed by atoms with Crippen molar-refractivity contribution in [2.45, 2.75) is 92.9 Å². The maximum absolute atomic E-state index is 5.70. The molecule has 0 aliphatic heterocycles. The molecule has 0 aromatic heterocycles. The van der Waals surface area contributed by atoms with E-state index in [1.54, 1.807) is 24.3 Å². The van der Waals surface area contributed by atoms with E-state index in [0.29, 0.717) is 20.1 Å². The van der Waals surface area contributed by atoms with Crippen LogP contribution in [0.5, 0.6) is 0 Å². The molecule has 0 radical (unpaired) electrons. The second-order valence-corrected chi connectivity index (χ2v) is 15.5. The molecule has 4 aromatic carbocycles.